The third-order valence-electron chi connectivity index (χ3n) is 2.92. The van der Waals surface area contributed by atoms with E-state index in [4.69, 9.17) is 0 Å². The van der Waals surface area contributed by atoms with Crippen LogP contribution in [0.2, 0.25) is 0 Å². The highest BCUT2D eigenvalue weighted by Crippen LogP contribution is 2.22. The fraction of sp³-hybridized carbons (Fsp3) is 0.643. The van der Waals surface area contributed by atoms with Gasteiger partial charge in [0.2, 0.25) is 0 Å². The van der Waals surface area contributed by atoms with E-state index in [1.807, 2.05) is 12.4 Å². The van der Waals surface area contributed by atoms with E-state index in [1.165, 1.54) is 18.4 Å². The molecule has 0 spiro atoms. The van der Waals surface area contributed by atoms with Gasteiger partial charge < -0.3 is 5.32 Å². The minimum atomic E-state index is 0.435. The van der Waals surface area contributed by atoms with Gasteiger partial charge in [0.05, 0.1) is 0 Å². The number of hydrogen-bond acceptors (Lipinski definition) is 2. The van der Waals surface area contributed by atoms with Gasteiger partial charge in [0.25, 0.3) is 0 Å². The fourth-order valence-corrected chi connectivity index (χ4v) is 2.07. The predicted molar refractivity (Wildman–Crippen MR) is 69.3 cm³/mol. The minimum Gasteiger partial charge on any atom is -0.307 e. The fourth-order valence-electron chi connectivity index (χ4n) is 2.07. The van der Waals surface area contributed by atoms with E-state index >= 15 is 0 Å². The molecule has 1 rings (SSSR count). The first-order valence-electron chi connectivity index (χ1n) is 6.31. The van der Waals surface area contributed by atoms with Gasteiger partial charge in [-0.1, -0.05) is 27.2 Å². The van der Waals surface area contributed by atoms with E-state index in [0.717, 1.165) is 0 Å². The summed E-state index contributed by atoms with van der Waals surface area (Å²) in [5, 5.41) is 3.71. The maximum Gasteiger partial charge on any atom is 0.0346 e. The van der Waals surface area contributed by atoms with Crippen molar-refractivity contribution in [1.82, 2.24) is 10.3 Å². The zero-order chi connectivity index (χ0) is 12.0. The lowest BCUT2D eigenvalue weighted by Gasteiger charge is -2.26. The molecule has 0 fully saturated rings. The van der Waals surface area contributed by atoms with Crippen LogP contribution >= 0.6 is 0 Å². The maximum atomic E-state index is 4.07. The molecular weight excluding hydrogens is 196 g/mol. The molecule has 0 radical (unpaired) electrons. The van der Waals surface area contributed by atoms with Gasteiger partial charge in [-0.25, -0.2) is 0 Å². The summed E-state index contributed by atoms with van der Waals surface area (Å²) in [4.78, 5) is 4.07. The van der Waals surface area contributed by atoms with Gasteiger partial charge in [-0.15, -0.1) is 0 Å². The lowest BCUT2D eigenvalue weighted by Crippen LogP contribution is -2.33. The average Bonchev–Trinajstić information content (AvgIpc) is 2.27. The van der Waals surface area contributed by atoms with Crippen molar-refractivity contribution in [2.75, 3.05) is 0 Å². The largest absolute Gasteiger partial charge is 0.307 e. The maximum absolute atomic E-state index is 4.07. The van der Waals surface area contributed by atoms with Crippen molar-refractivity contribution >= 4 is 0 Å². The third-order valence-corrected chi connectivity index (χ3v) is 2.92. The number of hydrogen-bond donors (Lipinski definition) is 1. The number of pyridine rings is 1. The molecule has 0 aromatic carbocycles. The molecule has 1 aromatic rings. The second-order valence-electron chi connectivity index (χ2n) is 4.86. The Morgan fingerprint density at radius 1 is 1.19 bits per heavy atom. The standard InChI is InChI=1S/C14H24N2/c1-5-6-12(4)16-14(11(2)3)13-7-9-15-10-8-13/h7-12,14,16H,5-6H2,1-4H3. The molecule has 0 aliphatic heterocycles. The summed E-state index contributed by atoms with van der Waals surface area (Å²) in [6.45, 7) is 9.02. The van der Waals surface area contributed by atoms with Crippen molar-refractivity contribution in [3.05, 3.63) is 30.1 Å². The molecule has 1 aromatic heterocycles. The molecule has 90 valence electrons. The zero-order valence-corrected chi connectivity index (χ0v) is 10.9. The van der Waals surface area contributed by atoms with Gasteiger partial charge in [-0.3, -0.25) is 4.98 Å². The van der Waals surface area contributed by atoms with Crippen LogP contribution in [0, 0.1) is 5.92 Å². The molecule has 0 aliphatic carbocycles. The SMILES string of the molecule is CCCC(C)NC(c1ccncc1)C(C)C. The average molecular weight is 220 g/mol. The molecule has 2 unspecified atom stereocenters. The van der Waals surface area contributed by atoms with E-state index in [1.54, 1.807) is 0 Å². The first-order valence-corrected chi connectivity index (χ1v) is 6.31. The molecule has 0 amide bonds. The van der Waals surface area contributed by atoms with Crippen molar-refractivity contribution in [1.29, 1.82) is 0 Å². The number of nitrogens with zero attached hydrogens (tertiary/aromatic N) is 1. The predicted octanol–water partition coefficient (Wildman–Crippen LogP) is 3.56. The quantitative estimate of drug-likeness (QED) is 0.793. The summed E-state index contributed by atoms with van der Waals surface area (Å²) in [5.41, 5.74) is 1.34. The van der Waals surface area contributed by atoms with Crippen LogP contribution in [-0.4, -0.2) is 11.0 Å². The topological polar surface area (TPSA) is 24.9 Å². The lowest BCUT2D eigenvalue weighted by atomic mass is 9.95. The second kappa shape index (κ2) is 6.64. The molecule has 16 heavy (non-hydrogen) atoms. The van der Waals surface area contributed by atoms with Crippen LogP contribution in [-0.2, 0) is 0 Å². The summed E-state index contributed by atoms with van der Waals surface area (Å²) < 4.78 is 0. The monoisotopic (exact) mass is 220 g/mol. The zero-order valence-electron chi connectivity index (χ0n) is 10.9. The molecule has 2 nitrogen and oxygen atoms in total. The molecule has 0 saturated heterocycles. The van der Waals surface area contributed by atoms with Crippen LogP contribution in [0.15, 0.2) is 24.5 Å². The number of aromatic nitrogens is 1. The van der Waals surface area contributed by atoms with Gasteiger partial charge in [-0.2, -0.15) is 0 Å². The molecule has 0 saturated carbocycles. The Balaban J connectivity index is 2.69. The Kier molecular flexibility index (Phi) is 5.47. The van der Waals surface area contributed by atoms with E-state index in [-0.39, 0.29) is 0 Å². The Morgan fingerprint density at radius 2 is 1.81 bits per heavy atom. The second-order valence-corrected chi connectivity index (χ2v) is 4.86. The molecule has 0 bridgehead atoms. The Morgan fingerprint density at radius 3 is 2.31 bits per heavy atom. The van der Waals surface area contributed by atoms with Crippen LogP contribution in [0.3, 0.4) is 0 Å². The normalized spacial score (nSPS) is 15.1. The van der Waals surface area contributed by atoms with Crippen molar-refractivity contribution in [2.45, 2.75) is 52.6 Å². The summed E-state index contributed by atoms with van der Waals surface area (Å²) >= 11 is 0. The molecule has 1 heterocycles. The van der Waals surface area contributed by atoms with Crippen molar-refractivity contribution in [3.8, 4) is 0 Å². The highest BCUT2D eigenvalue weighted by Gasteiger charge is 2.17. The van der Waals surface area contributed by atoms with Gasteiger partial charge in [0.1, 0.15) is 0 Å². The minimum absolute atomic E-state index is 0.435. The molecule has 1 N–H and O–H groups in total. The summed E-state index contributed by atoms with van der Waals surface area (Å²) in [6, 6.07) is 5.22. The Labute approximate surface area is 99.5 Å². The molecule has 2 atom stereocenters. The lowest BCUT2D eigenvalue weighted by molar-refractivity contribution is 0.358. The highest BCUT2D eigenvalue weighted by molar-refractivity contribution is 5.15. The van der Waals surface area contributed by atoms with E-state index in [2.05, 4.69) is 50.1 Å². The van der Waals surface area contributed by atoms with Crippen LogP contribution in [0.5, 0.6) is 0 Å². The summed E-state index contributed by atoms with van der Waals surface area (Å²) in [7, 11) is 0. The first kappa shape index (κ1) is 13.2. The summed E-state index contributed by atoms with van der Waals surface area (Å²) in [6.07, 6.45) is 6.21. The smallest absolute Gasteiger partial charge is 0.0346 e. The van der Waals surface area contributed by atoms with Crippen LogP contribution < -0.4 is 5.32 Å². The van der Waals surface area contributed by atoms with E-state index < -0.39 is 0 Å². The Hall–Kier alpha value is -0.890. The van der Waals surface area contributed by atoms with Gasteiger partial charge in [0, 0.05) is 24.5 Å². The van der Waals surface area contributed by atoms with Gasteiger partial charge >= 0.3 is 0 Å². The van der Waals surface area contributed by atoms with E-state index in [0.29, 0.717) is 18.0 Å². The highest BCUT2D eigenvalue weighted by atomic mass is 14.9. The molecule has 2 heteroatoms. The number of rotatable bonds is 6. The van der Waals surface area contributed by atoms with Crippen molar-refractivity contribution < 1.29 is 0 Å². The van der Waals surface area contributed by atoms with Crippen LogP contribution in [0.25, 0.3) is 0 Å². The van der Waals surface area contributed by atoms with Gasteiger partial charge in [0.15, 0.2) is 0 Å². The third kappa shape index (κ3) is 3.93. The first-order chi connectivity index (χ1) is 7.65. The van der Waals surface area contributed by atoms with Gasteiger partial charge in [-0.05, 0) is 37.0 Å². The molecular formula is C14H24N2. The molecule has 0 aliphatic rings. The van der Waals surface area contributed by atoms with Crippen LogP contribution in [0.1, 0.15) is 52.1 Å². The number of nitrogens with one attached hydrogen (secondary N) is 1. The summed E-state index contributed by atoms with van der Waals surface area (Å²) in [5.74, 6) is 0.599. The van der Waals surface area contributed by atoms with Crippen molar-refractivity contribution in [2.24, 2.45) is 5.92 Å². The van der Waals surface area contributed by atoms with E-state index in [9.17, 15) is 0 Å². The Bertz CT molecular complexity index is 282. The van der Waals surface area contributed by atoms with Crippen molar-refractivity contribution in [3.63, 3.8) is 0 Å². The van der Waals surface area contributed by atoms with Crippen LogP contribution in [0.4, 0.5) is 0 Å².